The highest BCUT2D eigenvalue weighted by molar-refractivity contribution is 5.74. The third-order valence-electron chi connectivity index (χ3n) is 1.87. The number of rotatable bonds is 4. The van der Waals surface area contributed by atoms with E-state index in [0.29, 0.717) is 0 Å². The molecule has 0 aliphatic heterocycles. The van der Waals surface area contributed by atoms with Gasteiger partial charge in [-0.25, -0.2) is 0 Å². The summed E-state index contributed by atoms with van der Waals surface area (Å²) in [6, 6.07) is 6.23. The monoisotopic (exact) mass is 204 g/mol. The van der Waals surface area contributed by atoms with Gasteiger partial charge in [-0.15, -0.1) is 6.42 Å². The van der Waals surface area contributed by atoms with Gasteiger partial charge < -0.3 is 16.2 Å². The predicted molar refractivity (Wildman–Crippen MR) is 58.5 cm³/mol. The molecule has 1 unspecified atom stereocenters. The number of hydrogen-bond acceptors (Lipinski definition) is 3. The van der Waals surface area contributed by atoms with Crippen LogP contribution in [0.5, 0.6) is 0 Å². The van der Waals surface area contributed by atoms with E-state index in [0.717, 1.165) is 11.3 Å². The Morgan fingerprint density at radius 3 is 3.00 bits per heavy atom. The molecule has 15 heavy (non-hydrogen) atoms. The van der Waals surface area contributed by atoms with Crippen molar-refractivity contribution in [2.24, 2.45) is 5.73 Å². The van der Waals surface area contributed by atoms with Crippen LogP contribution in [0.4, 0.5) is 5.69 Å². The standard InChI is InChI=1S/C11H12N2O2/c1-2-8-4-3-5-9(6-8)13-7-10(12)11(14)15/h1,3-6,10,13H,7,12H2,(H,14,15). The van der Waals surface area contributed by atoms with E-state index in [1.165, 1.54) is 0 Å². The molecule has 0 bridgehead atoms. The third kappa shape index (κ3) is 3.33. The highest BCUT2D eigenvalue weighted by atomic mass is 16.4. The van der Waals surface area contributed by atoms with Gasteiger partial charge in [-0.1, -0.05) is 12.0 Å². The van der Waals surface area contributed by atoms with Crippen molar-refractivity contribution in [1.82, 2.24) is 0 Å². The second kappa shape index (κ2) is 5.03. The number of carboxylic acids is 1. The molecule has 0 saturated heterocycles. The molecule has 1 atom stereocenters. The average molecular weight is 204 g/mol. The molecule has 0 saturated carbocycles. The fraction of sp³-hybridized carbons (Fsp3) is 0.182. The minimum Gasteiger partial charge on any atom is -0.480 e. The van der Waals surface area contributed by atoms with Crippen LogP contribution in [0.15, 0.2) is 24.3 Å². The van der Waals surface area contributed by atoms with Crippen molar-refractivity contribution in [3.63, 3.8) is 0 Å². The first-order valence-corrected chi connectivity index (χ1v) is 4.42. The lowest BCUT2D eigenvalue weighted by atomic mass is 10.2. The van der Waals surface area contributed by atoms with E-state index >= 15 is 0 Å². The molecule has 4 heteroatoms. The quantitative estimate of drug-likeness (QED) is 0.624. The number of aliphatic carboxylic acids is 1. The Balaban J connectivity index is 2.58. The Bertz CT molecular complexity index is 396. The van der Waals surface area contributed by atoms with Gasteiger partial charge in [-0.3, -0.25) is 4.79 Å². The zero-order chi connectivity index (χ0) is 11.3. The van der Waals surface area contributed by atoms with Crippen LogP contribution in [-0.2, 0) is 4.79 Å². The summed E-state index contributed by atoms with van der Waals surface area (Å²) in [5, 5.41) is 11.5. The smallest absolute Gasteiger partial charge is 0.322 e. The summed E-state index contributed by atoms with van der Waals surface area (Å²) in [7, 11) is 0. The van der Waals surface area contributed by atoms with Crippen molar-refractivity contribution >= 4 is 11.7 Å². The van der Waals surface area contributed by atoms with Crippen LogP contribution in [-0.4, -0.2) is 23.7 Å². The summed E-state index contributed by atoms with van der Waals surface area (Å²) in [6.07, 6.45) is 5.23. The van der Waals surface area contributed by atoms with Crippen molar-refractivity contribution in [1.29, 1.82) is 0 Å². The van der Waals surface area contributed by atoms with Crippen LogP contribution >= 0.6 is 0 Å². The molecule has 1 rings (SSSR count). The van der Waals surface area contributed by atoms with Gasteiger partial charge in [0.1, 0.15) is 6.04 Å². The van der Waals surface area contributed by atoms with Gasteiger partial charge in [0.15, 0.2) is 0 Å². The van der Waals surface area contributed by atoms with Gasteiger partial charge >= 0.3 is 5.97 Å². The van der Waals surface area contributed by atoms with Crippen molar-refractivity contribution in [2.45, 2.75) is 6.04 Å². The number of anilines is 1. The number of carbonyl (C=O) groups is 1. The van der Waals surface area contributed by atoms with Crippen LogP contribution < -0.4 is 11.1 Å². The Morgan fingerprint density at radius 2 is 2.40 bits per heavy atom. The molecule has 0 aliphatic rings. The summed E-state index contributed by atoms with van der Waals surface area (Å²) >= 11 is 0. The Kier molecular flexibility index (Phi) is 3.72. The minimum atomic E-state index is -1.03. The largest absolute Gasteiger partial charge is 0.480 e. The number of nitrogens with one attached hydrogen (secondary N) is 1. The van der Waals surface area contributed by atoms with Gasteiger partial charge in [0.05, 0.1) is 0 Å². The highest BCUT2D eigenvalue weighted by Crippen LogP contribution is 2.09. The van der Waals surface area contributed by atoms with Gasteiger partial charge in [0.2, 0.25) is 0 Å². The molecular weight excluding hydrogens is 192 g/mol. The lowest BCUT2D eigenvalue weighted by molar-refractivity contribution is -0.138. The lowest BCUT2D eigenvalue weighted by Crippen LogP contribution is -2.36. The molecule has 4 N–H and O–H groups in total. The molecule has 0 spiro atoms. The lowest BCUT2D eigenvalue weighted by Gasteiger charge is -2.09. The van der Waals surface area contributed by atoms with Gasteiger partial charge in [-0.05, 0) is 18.2 Å². The van der Waals surface area contributed by atoms with E-state index in [1.54, 1.807) is 24.3 Å². The van der Waals surface area contributed by atoms with Crippen LogP contribution in [0.3, 0.4) is 0 Å². The summed E-state index contributed by atoms with van der Waals surface area (Å²) in [5.74, 6) is 1.46. The molecule has 78 valence electrons. The maximum absolute atomic E-state index is 10.4. The Hall–Kier alpha value is -1.99. The van der Waals surface area contributed by atoms with Crippen molar-refractivity contribution in [3.8, 4) is 12.3 Å². The fourth-order valence-corrected chi connectivity index (χ4v) is 1.03. The summed E-state index contributed by atoms with van der Waals surface area (Å²) in [4.78, 5) is 10.4. The predicted octanol–water partition coefficient (Wildman–Crippen LogP) is 0.492. The summed E-state index contributed by atoms with van der Waals surface area (Å²) in [6.45, 7) is 0.170. The molecule has 0 aliphatic carbocycles. The molecule has 1 aromatic carbocycles. The number of hydrogen-bond donors (Lipinski definition) is 3. The molecular formula is C11H12N2O2. The highest BCUT2D eigenvalue weighted by Gasteiger charge is 2.10. The first kappa shape index (κ1) is 11.1. The van der Waals surface area contributed by atoms with Crippen molar-refractivity contribution < 1.29 is 9.90 Å². The van der Waals surface area contributed by atoms with Crippen LogP contribution in [0.2, 0.25) is 0 Å². The normalized spacial score (nSPS) is 11.5. The van der Waals surface area contributed by atoms with Crippen LogP contribution in [0.25, 0.3) is 0 Å². The SMILES string of the molecule is C#Cc1cccc(NCC(N)C(=O)O)c1. The number of benzene rings is 1. The molecule has 1 aromatic rings. The maximum Gasteiger partial charge on any atom is 0.322 e. The van der Waals surface area contributed by atoms with Crippen LogP contribution in [0.1, 0.15) is 5.56 Å². The summed E-state index contributed by atoms with van der Waals surface area (Å²) in [5.41, 5.74) is 6.84. The van der Waals surface area contributed by atoms with Gasteiger partial charge in [-0.2, -0.15) is 0 Å². The third-order valence-corrected chi connectivity index (χ3v) is 1.87. The number of terminal acetylenes is 1. The Morgan fingerprint density at radius 1 is 1.67 bits per heavy atom. The van der Waals surface area contributed by atoms with Crippen molar-refractivity contribution in [3.05, 3.63) is 29.8 Å². The summed E-state index contributed by atoms with van der Waals surface area (Å²) < 4.78 is 0. The molecule has 4 nitrogen and oxygen atoms in total. The first-order chi connectivity index (χ1) is 7.13. The van der Waals surface area contributed by atoms with E-state index in [1.807, 2.05) is 0 Å². The fourth-order valence-electron chi connectivity index (χ4n) is 1.03. The van der Waals surface area contributed by atoms with E-state index in [2.05, 4.69) is 11.2 Å². The topological polar surface area (TPSA) is 75.3 Å². The second-order valence-electron chi connectivity index (χ2n) is 3.05. The average Bonchev–Trinajstić information content (AvgIpc) is 2.26. The van der Waals surface area contributed by atoms with E-state index in [4.69, 9.17) is 17.3 Å². The zero-order valence-corrected chi connectivity index (χ0v) is 8.10. The van der Waals surface area contributed by atoms with E-state index in [-0.39, 0.29) is 6.54 Å². The number of carboxylic acid groups (broad SMARTS) is 1. The van der Waals surface area contributed by atoms with Gasteiger partial charge in [0, 0.05) is 17.8 Å². The van der Waals surface area contributed by atoms with Crippen LogP contribution in [0, 0.1) is 12.3 Å². The second-order valence-corrected chi connectivity index (χ2v) is 3.05. The Labute approximate surface area is 88.1 Å². The molecule has 0 amide bonds. The first-order valence-electron chi connectivity index (χ1n) is 4.42. The van der Waals surface area contributed by atoms with Crippen molar-refractivity contribution in [2.75, 3.05) is 11.9 Å². The maximum atomic E-state index is 10.4. The molecule has 0 fully saturated rings. The van der Waals surface area contributed by atoms with Gasteiger partial charge in [0.25, 0.3) is 0 Å². The molecule has 0 aromatic heterocycles. The molecule has 0 heterocycles. The minimum absolute atomic E-state index is 0.170. The molecule has 0 radical (unpaired) electrons. The zero-order valence-electron chi connectivity index (χ0n) is 8.10. The van der Waals surface area contributed by atoms with E-state index in [9.17, 15) is 4.79 Å². The van der Waals surface area contributed by atoms with E-state index < -0.39 is 12.0 Å². The number of nitrogens with two attached hydrogens (primary N) is 1.